The number of imide groups is 1. The van der Waals surface area contributed by atoms with Crippen molar-refractivity contribution in [3.8, 4) is 11.5 Å². The molecule has 2 aromatic rings. The minimum absolute atomic E-state index is 0.0163. The van der Waals surface area contributed by atoms with Crippen LogP contribution in [0.2, 0.25) is 0 Å². The molecular weight excluding hydrogens is 466 g/mol. The van der Waals surface area contributed by atoms with Crippen LogP contribution in [-0.2, 0) is 11.3 Å². The van der Waals surface area contributed by atoms with Gasteiger partial charge in [-0.05, 0) is 59.4 Å². The molecule has 1 aliphatic rings. The molecule has 1 heterocycles. The van der Waals surface area contributed by atoms with Crippen molar-refractivity contribution in [1.29, 1.82) is 0 Å². The van der Waals surface area contributed by atoms with Gasteiger partial charge in [-0.1, -0.05) is 18.2 Å². The van der Waals surface area contributed by atoms with Gasteiger partial charge in [-0.15, -0.1) is 0 Å². The van der Waals surface area contributed by atoms with E-state index in [1.165, 1.54) is 18.2 Å². The van der Waals surface area contributed by atoms with Crippen molar-refractivity contribution in [1.82, 2.24) is 10.2 Å². The van der Waals surface area contributed by atoms with Crippen molar-refractivity contribution in [2.75, 3.05) is 6.61 Å². The molecule has 0 aliphatic carbocycles. The van der Waals surface area contributed by atoms with Gasteiger partial charge in [0.25, 0.3) is 5.91 Å². The number of aromatic hydroxyl groups is 1. The second-order valence-corrected chi connectivity index (χ2v) is 6.92. The molecule has 3 amide bonds. The van der Waals surface area contributed by atoms with Crippen LogP contribution in [-0.4, -0.2) is 28.6 Å². The number of hydrogen-bond acceptors (Lipinski definition) is 4. The minimum atomic E-state index is -0.618. The van der Waals surface area contributed by atoms with E-state index in [2.05, 4.69) is 5.32 Å². The molecule has 3 rings (SSSR count). The molecule has 1 saturated heterocycles. The number of phenolic OH excluding ortho intramolecular Hbond substituents is 1. The van der Waals surface area contributed by atoms with E-state index in [1.54, 1.807) is 31.2 Å². The van der Waals surface area contributed by atoms with Crippen LogP contribution in [0, 0.1) is 9.39 Å². The van der Waals surface area contributed by atoms with E-state index in [0.717, 1.165) is 4.90 Å². The number of benzene rings is 2. The fraction of sp³-hybridized carbons (Fsp3) is 0.158. The Morgan fingerprint density at radius 2 is 2.04 bits per heavy atom. The maximum Gasteiger partial charge on any atom is 0.329 e. The smallest absolute Gasteiger partial charge is 0.329 e. The number of ether oxygens (including phenoxy) is 1. The lowest BCUT2D eigenvalue weighted by atomic mass is 10.1. The van der Waals surface area contributed by atoms with E-state index in [4.69, 9.17) is 4.74 Å². The SMILES string of the molecule is CCOc1cc(C=C2NC(=O)N(Cc3ccccc3F)C2=O)cc(I)c1O. The van der Waals surface area contributed by atoms with Gasteiger partial charge >= 0.3 is 6.03 Å². The Labute approximate surface area is 168 Å². The van der Waals surface area contributed by atoms with E-state index in [9.17, 15) is 19.1 Å². The third-order valence-electron chi connectivity index (χ3n) is 3.91. The van der Waals surface area contributed by atoms with Crippen molar-refractivity contribution >= 4 is 40.6 Å². The normalized spacial score (nSPS) is 15.4. The average molecular weight is 482 g/mol. The zero-order valence-corrected chi connectivity index (χ0v) is 16.5. The summed E-state index contributed by atoms with van der Waals surface area (Å²) >= 11 is 1.95. The number of carbonyl (C=O) groups is 2. The summed E-state index contributed by atoms with van der Waals surface area (Å²) in [4.78, 5) is 25.7. The van der Waals surface area contributed by atoms with Crippen LogP contribution in [0.25, 0.3) is 6.08 Å². The maximum absolute atomic E-state index is 13.8. The van der Waals surface area contributed by atoms with Crippen LogP contribution in [0.4, 0.5) is 9.18 Å². The first-order chi connectivity index (χ1) is 12.9. The molecule has 0 spiro atoms. The minimum Gasteiger partial charge on any atom is -0.504 e. The van der Waals surface area contributed by atoms with E-state index in [-0.39, 0.29) is 29.3 Å². The summed E-state index contributed by atoms with van der Waals surface area (Å²) in [6.07, 6.45) is 1.49. The Hall–Kier alpha value is -2.62. The predicted octanol–water partition coefficient (Wildman–Crippen LogP) is 3.63. The third-order valence-corrected chi connectivity index (χ3v) is 4.73. The molecule has 8 heteroatoms. The molecule has 0 unspecified atom stereocenters. The first-order valence-electron chi connectivity index (χ1n) is 8.14. The number of halogens is 2. The molecule has 0 saturated carbocycles. The molecule has 0 aromatic heterocycles. The highest BCUT2D eigenvalue weighted by Gasteiger charge is 2.34. The molecule has 1 aliphatic heterocycles. The zero-order valence-electron chi connectivity index (χ0n) is 14.3. The molecule has 1 fully saturated rings. The van der Waals surface area contributed by atoms with Crippen LogP contribution >= 0.6 is 22.6 Å². The summed E-state index contributed by atoms with van der Waals surface area (Å²) in [6, 6.07) is 8.59. The van der Waals surface area contributed by atoms with E-state index >= 15 is 0 Å². The van der Waals surface area contributed by atoms with Crippen LogP contribution in [0.5, 0.6) is 11.5 Å². The highest BCUT2D eigenvalue weighted by Crippen LogP contribution is 2.33. The lowest BCUT2D eigenvalue weighted by molar-refractivity contribution is -0.123. The van der Waals surface area contributed by atoms with Gasteiger partial charge in [0.2, 0.25) is 0 Å². The number of carbonyl (C=O) groups excluding carboxylic acids is 2. The van der Waals surface area contributed by atoms with Gasteiger partial charge < -0.3 is 15.2 Å². The molecule has 0 radical (unpaired) electrons. The Balaban J connectivity index is 1.87. The molecule has 2 aromatic carbocycles. The van der Waals surface area contributed by atoms with Crippen LogP contribution in [0.1, 0.15) is 18.1 Å². The van der Waals surface area contributed by atoms with Gasteiger partial charge in [-0.2, -0.15) is 0 Å². The first-order valence-corrected chi connectivity index (χ1v) is 9.21. The lowest BCUT2D eigenvalue weighted by Gasteiger charge is -2.12. The number of hydrogen-bond donors (Lipinski definition) is 2. The number of amides is 3. The van der Waals surface area contributed by atoms with Gasteiger partial charge in [-0.3, -0.25) is 9.69 Å². The van der Waals surface area contributed by atoms with Gasteiger partial charge in [0.1, 0.15) is 11.5 Å². The van der Waals surface area contributed by atoms with Crippen molar-refractivity contribution in [3.05, 3.63) is 62.6 Å². The molecule has 27 heavy (non-hydrogen) atoms. The predicted molar refractivity (Wildman–Crippen MR) is 105 cm³/mol. The number of nitrogens with zero attached hydrogens (tertiary/aromatic N) is 1. The zero-order chi connectivity index (χ0) is 19.6. The van der Waals surface area contributed by atoms with Crippen molar-refractivity contribution < 1.29 is 23.8 Å². The summed E-state index contributed by atoms with van der Waals surface area (Å²) in [7, 11) is 0. The second-order valence-electron chi connectivity index (χ2n) is 5.75. The highest BCUT2D eigenvalue weighted by atomic mass is 127. The van der Waals surface area contributed by atoms with Gasteiger partial charge in [0, 0.05) is 5.56 Å². The Morgan fingerprint density at radius 1 is 1.30 bits per heavy atom. The van der Waals surface area contributed by atoms with E-state index in [0.29, 0.717) is 15.7 Å². The molecular formula is C19H16FIN2O4. The Kier molecular flexibility index (Phi) is 5.64. The van der Waals surface area contributed by atoms with Gasteiger partial charge in [0.05, 0.1) is 16.7 Å². The van der Waals surface area contributed by atoms with Crippen molar-refractivity contribution in [2.24, 2.45) is 0 Å². The van der Waals surface area contributed by atoms with Gasteiger partial charge in [0.15, 0.2) is 11.5 Å². The first kappa shape index (κ1) is 19.2. The molecule has 6 nitrogen and oxygen atoms in total. The largest absolute Gasteiger partial charge is 0.504 e. The topological polar surface area (TPSA) is 78.9 Å². The van der Waals surface area contributed by atoms with E-state index < -0.39 is 17.8 Å². The van der Waals surface area contributed by atoms with Crippen LogP contribution in [0.3, 0.4) is 0 Å². The summed E-state index contributed by atoms with van der Waals surface area (Å²) in [6.45, 7) is 2.00. The monoisotopic (exact) mass is 482 g/mol. The number of nitrogens with one attached hydrogen (secondary N) is 1. The fourth-order valence-electron chi connectivity index (χ4n) is 2.62. The summed E-state index contributed by atoms with van der Waals surface area (Å²) in [5.41, 5.74) is 0.900. The summed E-state index contributed by atoms with van der Waals surface area (Å²) < 4.78 is 19.7. The van der Waals surface area contributed by atoms with Crippen LogP contribution < -0.4 is 10.1 Å². The van der Waals surface area contributed by atoms with Crippen molar-refractivity contribution in [3.63, 3.8) is 0 Å². The highest BCUT2D eigenvalue weighted by molar-refractivity contribution is 14.1. The Morgan fingerprint density at radius 3 is 2.74 bits per heavy atom. The Bertz CT molecular complexity index is 945. The van der Waals surface area contributed by atoms with Gasteiger partial charge in [-0.25, -0.2) is 9.18 Å². The van der Waals surface area contributed by atoms with Crippen LogP contribution in [0.15, 0.2) is 42.1 Å². The van der Waals surface area contributed by atoms with E-state index in [1.807, 2.05) is 22.6 Å². The lowest BCUT2D eigenvalue weighted by Crippen LogP contribution is -2.30. The number of urea groups is 1. The summed E-state index contributed by atoms with van der Waals surface area (Å²) in [5.74, 6) is -0.729. The number of phenols is 1. The third kappa shape index (κ3) is 4.05. The molecule has 140 valence electrons. The molecule has 0 bridgehead atoms. The fourth-order valence-corrected chi connectivity index (χ4v) is 3.25. The molecule has 0 atom stereocenters. The molecule has 2 N–H and O–H groups in total. The maximum atomic E-state index is 13.8. The average Bonchev–Trinajstić information content (AvgIpc) is 2.88. The second kappa shape index (κ2) is 7.95. The van der Waals surface area contributed by atoms with Crippen molar-refractivity contribution in [2.45, 2.75) is 13.5 Å². The standard InChI is InChI=1S/C19H16FIN2O4/c1-2-27-16-9-11(7-14(21)17(16)24)8-15-18(25)23(19(26)22-15)10-12-5-3-4-6-13(12)20/h3-9,24H,2,10H2,1H3,(H,22,26). The number of rotatable bonds is 5. The summed E-state index contributed by atoms with van der Waals surface area (Å²) in [5, 5.41) is 12.5. The quantitative estimate of drug-likeness (QED) is 0.388.